The highest BCUT2D eigenvalue weighted by atomic mass is 35.5. The maximum Gasteiger partial charge on any atom is 0.316 e. The Bertz CT molecular complexity index is 480. The average Bonchev–Trinajstić information content (AvgIpc) is 3.08. The zero-order chi connectivity index (χ0) is 14.4. The molecule has 0 saturated carbocycles. The molecule has 1 aliphatic rings. The minimum absolute atomic E-state index is 0. The lowest BCUT2D eigenvalue weighted by molar-refractivity contribution is -0.139. The number of hydrogen-bond acceptors (Lipinski definition) is 8. The molecule has 0 radical (unpaired) electrons. The Morgan fingerprint density at radius 1 is 1.52 bits per heavy atom. The SMILES string of the molecule is CCOC(=O)CSc1nnc(NC(=O)C2CCNC2)s1.Cl. The molecular weight excluding hydrogens is 336 g/mol. The maximum absolute atomic E-state index is 11.9. The van der Waals surface area contributed by atoms with Crippen LogP contribution in [0.15, 0.2) is 4.34 Å². The highest BCUT2D eigenvalue weighted by molar-refractivity contribution is 8.01. The monoisotopic (exact) mass is 352 g/mol. The van der Waals surface area contributed by atoms with Gasteiger partial charge in [0.05, 0.1) is 18.3 Å². The largest absolute Gasteiger partial charge is 0.465 e. The van der Waals surface area contributed by atoms with Gasteiger partial charge in [0.1, 0.15) is 0 Å². The van der Waals surface area contributed by atoms with E-state index < -0.39 is 0 Å². The highest BCUT2D eigenvalue weighted by Crippen LogP contribution is 2.26. The topological polar surface area (TPSA) is 93.2 Å². The molecule has 0 aliphatic carbocycles. The van der Waals surface area contributed by atoms with E-state index in [0.717, 1.165) is 13.0 Å². The van der Waals surface area contributed by atoms with Crippen LogP contribution in [0.4, 0.5) is 5.13 Å². The van der Waals surface area contributed by atoms with Crippen molar-refractivity contribution in [2.45, 2.75) is 17.7 Å². The fraction of sp³-hybridized carbons (Fsp3) is 0.636. The Balaban J connectivity index is 0.00000220. The van der Waals surface area contributed by atoms with E-state index in [1.165, 1.54) is 23.1 Å². The molecule has 1 aromatic rings. The highest BCUT2D eigenvalue weighted by Gasteiger charge is 2.23. The molecule has 1 atom stereocenters. The molecule has 0 bridgehead atoms. The van der Waals surface area contributed by atoms with Crippen molar-refractivity contribution in [1.29, 1.82) is 0 Å². The number of amides is 1. The normalized spacial score (nSPS) is 17.1. The third kappa shape index (κ3) is 5.77. The number of esters is 1. The van der Waals surface area contributed by atoms with E-state index in [0.29, 0.717) is 22.6 Å². The van der Waals surface area contributed by atoms with Gasteiger partial charge >= 0.3 is 5.97 Å². The molecular formula is C11H17ClN4O3S2. The first-order valence-electron chi connectivity index (χ1n) is 6.32. The van der Waals surface area contributed by atoms with E-state index in [2.05, 4.69) is 20.8 Å². The molecule has 1 saturated heterocycles. The zero-order valence-electron chi connectivity index (χ0n) is 11.5. The Labute approximate surface area is 137 Å². The number of nitrogens with zero attached hydrogens (tertiary/aromatic N) is 2. The van der Waals surface area contributed by atoms with Crippen LogP contribution in [0.25, 0.3) is 0 Å². The maximum atomic E-state index is 11.9. The van der Waals surface area contributed by atoms with Crippen molar-refractivity contribution < 1.29 is 14.3 Å². The molecule has 1 unspecified atom stereocenters. The van der Waals surface area contributed by atoms with Gasteiger partial charge in [-0.1, -0.05) is 23.1 Å². The summed E-state index contributed by atoms with van der Waals surface area (Å²) < 4.78 is 5.46. The molecule has 1 aliphatic heterocycles. The van der Waals surface area contributed by atoms with Gasteiger partial charge in [-0.15, -0.1) is 22.6 Å². The number of nitrogens with one attached hydrogen (secondary N) is 2. The lowest BCUT2D eigenvalue weighted by atomic mass is 10.1. The van der Waals surface area contributed by atoms with Crippen LogP contribution < -0.4 is 10.6 Å². The first kappa shape index (κ1) is 18.1. The predicted molar refractivity (Wildman–Crippen MR) is 84.1 cm³/mol. The Hall–Kier alpha value is -0.900. The second kappa shape index (κ2) is 9.19. The molecule has 2 N–H and O–H groups in total. The van der Waals surface area contributed by atoms with Crippen LogP contribution in [0.5, 0.6) is 0 Å². The number of aromatic nitrogens is 2. The van der Waals surface area contributed by atoms with E-state index in [4.69, 9.17) is 4.74 Å². The molecule has 10 heteroatoms. The number of carbonyl (C=O) groups excluding carboxylic acids is 2. The average molecular weight is 353 g/mol. The van der Waals surface area contributed by atoms with E-state index in [9.17, 15) is 9.59 Å². The Kier molecular flexibility index (Phi) is 7.94. The summed E-state index contributed by atoms with van der Waals surface area (Å²) in [6.45, 7) is 3.70. The first-order valence-corrected chi connectivity index (χ1v) is 8.12. The molecule has 2 heterocycles. The third-order valence-electron chi connectivity index (χ3n) is 2.69. The van der Waals surface area contributed by atoms with Crippen LogP contribution in [0.1, 0.15) is 13.3 Å². The molecule has 1 amide bonds. The van der Waals surface area contributed by atoms with Crippen LogP contribution in [0.2, 0.25) is 0 Å². The van der Waals surface area contributed by atoms with Crippen molar-refractivity contribution >= 4 is 52.5 Å². The van der Waals surface area contributed by atoms with Crippen molar-refractivity contribution in [3.63, 3.8) is 0 Å². The zero-order valence-corrected chi connectivity index (χ0v) is 13.9. The van der Waals surface area contributed by atoms with Gasteiger partial charge in [0.25, 0.3) is 0 Å². The molecule has 0 spiro atoms. The second-order valence-corrected chi connectivity index (χ2v) is 6.35. The van der Waals surface area contributed by atoms with Gasteiger partial charge in [-0.3, -0.25) is 9.59 Å². The summed E-state index contributed by atoms with van der Waals surface area (Å²) >= 11 is 2.52. The molecule has 21 heavy (non-hydrogen) atoms. The number of anilines is 1. The van der Waals surface area contributed by atoms with Crippen LogP contribution in [-0.2, 0) is 14.3 Å². The van der Waals surface area contributed by atoms with Crippen LogP contribution >= 0.6 is 35.5 Å². The number of ether oxygens (including phenoxy) is 1. The molecule has 118 valence electrons. The summed E-state index contributed by atoms with van der Waals surface area (Å²) in [4.78, 5) is 23.1. The minimum Gasteiger partial charge on any atom is -0.465 e. The van der Waals surface area contributed by atoms with Crippen LogP contribution in [0.3, 0.4) is 0 Å². The number of thioether (sulfide) groups is 1. The summed E-state index contributed by atoms with van der Waals surface area (Å²) in [7, 11) is 0. The number of hydrogen-bond donors (Lipinski definition) is 2. The summed E-state index contributed by atoms with van der Waals surface area (Å²) in [6.07, 6.45) is 0.842. The van der Waals surface area contributed by atoms with Crippen LogP contribution in [-0.4, -0.2) is 47.5 Å². The third-order valence-corrected chi connectivity index (χ3v) is 4.63. The minimum atomic E-state index is -0.282. The van der Waals surface area contributed by atoms with Gasteiger partial charge in [0.2, 0.25) is 11.0 Å². The Morgan fingerprint density at radius 2 is 2.33 bits per heavy atom. The van der Waals surface area contributed by atoms with Gasteiger partial charge in [-0.05, 0) is 19.9 Å². The molecule has 1 aromatic heterocycles. The van der Waals surface area contributed by atoms with E-state index in [1.807, 2.05) is 0 Å². The summed E-state index contributed by atoms with van der Waals surface area (Å²) in [6, 6.07) is 0. The smallest absolute Gasteiger partial charge is 0.316 e. The van der Waals surface area contributed by atoms with E-state index in [1.54, 1.807) is 6.92 Å². The van der Waals surface area contributed by atoms with Crippen molar-refractivity contribution in [3.05, 3.63) is 0 Å². The molecule has 1 fully saturated rings. The van der Waals surface area contributed by atoms with Gasteiger partial charge in [0, 0.05) is 6.54 Å². The number of carbonyl (C=O) groups is 2. The van der Waals surface area contributed by atoms with E-state index in [-0.39, 0.29) is 36.0 Å². The van der Waals surface area contributed by atoms with Crippen molar-refractivity contribution in [1.82, 2.24) is 15.5 Å². The summed E-state index contributed by atoms with van der Waals surface area (Å²) in [5.74, 6) is -0.124. The summed E-state index contributed by atoms with van der Waals surface area (Å²) in [5.41, 5.74) is 0. The standard InChI is InChI=1S/C11H16N4O3S2.ClH/c1-2-18-8(16)6-19-11-15-14-10(20-11)13-9(17)7-3-4-12-5-7;/h7,12H,2-6H2,1H3,(H,13,14,17);1H. The molecule has 0 aromatic carbocycles. The lowest BCUT2D eigenvalue weighted by Gasteiger charge is -2.05. The van der Waals surface area contributed by atoms with Gasteiger partial charge in [-0.25, -0.2) is 0 Å². The first-order chi connectivity index (χ1) is 9.69. The van der Waals surface area contributed by atoms with Gasteiger partial charge < -0.3 is 15.4 Å². The quantitative estimate of drug-likeness (QED) is 0.451. The number of rotatable bonds is 6. The predicted octanol–water partition coefficient (Wildman–Crippen LogP) is 1.16. The second-order valence-electron chi connectivity index (χ2n) is 4.15. The molecule has 2 rings (SSSR count). The van der Waals surface area contributed by atoms with Crippen molar-refractivity contribution in [2.24, 2.45) is 5.92 Å². The van der Waals surface area contributed by atoms with Crippen molar-refractivity contribution in [2.75, 3.05) is 30.8 Å². The fourth-order valence-corrected chi connectivity index (χ4v) is 3.28. The lowest BCUT2D eigenvalue weighted by Crippen LogP contribution is -2.24. The summed E-state index contributed by atoms with van der Waals surface area (Å²) in [5, 5.41) is 14.2. The Morgan fingerprint density at radius 3 is 3.00 bits per heavy atom. The van der Waals surface area contributed by atoms with E-state index >= 15 is 0 Å². The van der Waals surface area contributed by atoms with Gasteiger partial charge in [0.15, 0.2) is 4.34 Å². The number of halogens is 1. The van der Waals surface area contributed by atoms with Crippen molar-refractivity contribution in [3.8, 4) is 0 Å². The molecule has 7 nitrogen and oxygen atoms in total. The van der Waals surface area contributed by atoms with Crippen LogP contribution in [0, 0.1) is 5.92 Å². The van der Waals surface area contributed by atoms with Gasteiger partial charge in [-0.2, -0.15) is 0 Å². The fourth-order valence-electron chi connectivity index (χ4n) is 1.73.